The van der Waals surface area contributed by atoms with Gasteiger partial charge in [0.1, 0.15) is 12.7 Å². The molecular weight excluding hydrogens is 373 g/mol. The second kappa shape index (κ2) is 6.66. The maximum Gasteiger partial charge on any atom is 0.278 e. The van der Waals surface area contributed by atoms with E-state index in [0.29, 0.717) is 0 Å². The Morgan fingerprint density at radius 2 is 1.73 bits per heavy atom. The van der Waals surface area contributed by atoms with E-state index in [0.717, 1.165) is 0 Å². The first-order valence-corrected chi connectivity index (χ1v) is 9.82. The lowest BCUT2D eigenvalue weighted by Crippen LogP contribution is -2.44. The maximum absolute atomic E-state index is 11.2. The van der Waals surface area contributed by atoms with Crippen molar-refractivity contribution in [2.75, 3.05) is 6.61 Å². The first-order valence-electron chi connectivity index (χ1n) is 5.44. The van der Waals surface area contributed by atoms with Gasteiger partial charge in [-0.3, -0.25) is 13.4 Å². The molecule has 1 saturated heterocycles. The molecule has 1 aliphatic heterocycles. The Kier molecular flexibility index (Phi) is 6.15. The van der Waals surface area contributed by atoms with E-state index in [9.17, 15) is 43.5 Å². The summed E-state index contributed by atoms with van der Waals surface area (Å²) in [6, 6.07) is 0. The third kappa shape index (κ3) is 6.42. The molecule has 2 unspecified atom stereocenters. The fourth-order valence-corrected chi connectivity index (χ4v) is 4.44. The van der Waals surface area contributed by atoms with Crippen LogP contribution in [0.4, 0.5) is 0 Å². The summed E-state index contributed by atoms with van der Waals surface area (Å²) < 4.78 is 47.2. The van der Waals surface area contributed by atoms with E-state index in [1.165, 1.54) is 6.92 Å². The Hall–Kier alpha value is 0.290. The minimum atomic E-state index is -6.07. The molecule has 0 aromatic rings. The Bertz CT molecular complexity index is 542. The largest absolute Gasteiger partial charge is 0.790 e. The van der Waals surface area contributed by atoms with Crippen LogP contribution in [0.2, 0.25) is 0 Å². The molecule has 1 aliphatic rings. The molecule has 0 aromatic carbocycles. The molecule has 1 fully saturated rings. The van der Waals surface area contributed by atoms with Gasteiger partial charge in [-0.2, -0.15) is 0 Å². The molecule has 132 valence electrons. The van der Waals surface area contributed by atoms with Crippen LogP contribution in [0.15, 0.2) is 0 Å². The number of aliphatic hydroxyl groups is 2. The van der Waals surface area contributed by atoms with Gasteiger partial charge in [0.25, 0.3) is 15.6 Å². The third-order valence-electron chi connectivity index (χ3n) is 2.31. The Morgan fingerprint density at radius 3 is 2.14 bits per heavy atom. The zero-order valence-electron chi connectivity index (χ0n) is 10.8. The summed E-state index contributed by atoms with van der Waals surface area (Å²) in [4.78, 5) is 42.3. The number of phosphoric ester groups is 1. The summed E-state index contributed by atoms with van der Waals surface area (Å²) in [6.07, 6.45) is -2.22. The lowest BCUT2D eigenvalue weighted by Gasteiger charge is -2.38. The number of phosphoric acid groups is 3. The zero-order valence-corrected chi connectivity index (χ0v) is 13.5. The van der Waals surface area contributed by atoms with Crippen LogP contribution in [0.25, 0.3) is 0 Å². The summed E-state index contributed by atoms with van der Waals surface area (Å²) in [5.74, 6) is -2.44. The van der Waals surface area contributed by atoms with E-state index in [1.807, 2.05) is 0 Å². The van der Waals surface area contributed by atoms with Crippen LogP contribution in [0.5, 0.6) is 0 Å². The number of ether oxygens (including phenoxy) is 1. The highest BCUT2D eigenvalue weighted by molar-refractivity contribution is 7.64. The molecule has 0 bridgehead atoms. The molecule has 1 rings (SSSR count). The molecule has 0 aliphatic carbocycles. The smallest absolute Gasteiger partial charge is 0.278 e. The van der Waals surface area contributed by atoms with E-state index in [1.54, 1.807) is 0 Å². The van der Waals surface area contributed by atoms with Crippen molar-refractivity contribution in [3.63, 3.8) is 0 Å². The van der Waals surface area contributed by atoms with Gasteiger partial charge in [-0.15, -0.1) is 0 Å². The SMILES string of the molecule is C[C@H]1C[C@@H](O)[C@@](O)(COP(=O)([O-])OP(=O)([O-])OP(=O)([O-])[O-])O1. The van der Waals surface area contributed by atoms with Gasteiger partial charge in [0.05, 0.1) is 13.9 Å². The van der Waals surface area contributed by atoms with Crippen LogP contribution < -0.4 is 19.6 Å². The summed E-state index contributed by atoms with van der Waals surface area (Å²) in [5, 5.41) is 19.2. The molecule has 0 radical (unpaired) electrons. The van der Waals surface area contributed by atoms with Crippen molar-refractivity contribution in [2.24, 2.45) is 0 Å². The predicted molar refractivity (Wildman–Crippen MR) is 57.1 cm³/mol. The Morgan fingerprint density at radius 1 is 1.18 bits per heavy atom. The molecule has 0 amide bonds. The van der Waals surface area contributed by atoms with Gasteiger partial charge in [-0.05, 0) is 6.92 Å². The van der Waals surface area contributed by atoms with Crippen LogP contribution in [0.1, 0.15) is 13.3 Å². The van der Waals surface area contributed by atoms with E-state index in [-0.39, 0.29) is 6.42 Å². The lowest BCUT2D eigenvalue weighted by molar-refractivity contribution is -0.339. The standard InChI is InChI=1S/C6H15O13P3/c1-4-2-5(7)6(8,17-4)3-16-21(12,13)19-22(14,15)18-20(9,10)11/h4-5,7-8H,2-3H2,1H3,(H,12,13)(H,14,15)(H2,9,10,11)/p-4/t4-,5+,6+/m0/s1. The first kappa shape index (κ1) is 20.3. The number of rotatable bonds is 7. The van der Waals surface area contributed by atoms with Crippen molar-refractivity contribution < 1.29 is 61.4 Å². The first-order chi connectivity index (χ1) is 9.64. The molecule has 0 spiro atoms. The molecule has 0 aromatic heterocycles. The highest BCUT2D eigenvalue weighted by atomic mass is 31.3. The van der Waals surface area contributed by atoms with E-state index >= 15 is 0 Å². The van der Waals surface area contributed by atoms with Gasteiger partial charge >= 0.3 is 0 Å². The van der Waals surface area contributed by atoms with Crippen molar-refractivity contribution in [1.29, 1.82) is 0 Å². The number of aliphatic hydroxyl groups excluding tert-OH is 1. The molecule has 16 heteroatoms. The highest BCUT2D eigenvalue weighted by Gasteiger charge is 2.46. The predicted octanol–water partition coefficient (Wildman–Crippen LogP) is -3.34. The molecule has 0 saturated carbocycles. The van der Waals surface area contributed by atoms with Crippen molar-refractivity contribution in [3.8, 4) is 0 Å². The van der Waals surface area contributed by atoms with Crippen LogP contribution in [0.3, 0.4) is 0 Å². The van der Waals surface area contributed by atoms with Gasteiger partial charge < -0.3 is 43.6 Å². The Balaban J connectivity index is 2.67. The van der Waals surface area contributed by atoms with E-state index in [2.05, 4.69) is 13.1 Å². The van der Waals surface area contributed by atoms with Gasteiger partial charge in [0, 0.05) is 6.42 Å². The minimum absolute atomic E-state index is 0.0530. The fourth-order valence-electron chi connectivity index (χ4n) is 1.56. The van der Waals surface area contributed by atoms with Crippen molar-refractivity contribution in [3.05, 3.63) is 0 Å². The second-order valence-electron chi connectivity index (χ2n) is 4.30. The van der Waals surface area contributed by atoms with Gasteiger partial charge in [-0.25, -0.2) is 4.31 Å². The fraction of sp³-hybridized carbons (Fsp3) is 1.00. The normalized spacial score (nSPS) is 35.0. The maximum atomic E-state index is 11.2. The molecule has 2 N–H and O–H groups in total. The molecule has 5 atom stereocenters. The monoisotopic (exact) mass is 384 g/mol. The number of hydrogen-bond acceptors (Lipinski definition) is 13. The zero-order chi connectivity index (χ0) is 17.4. The third-order valence-corrected chi connectivity index (χ3v) is 5.96. The number of hydrogen-bond donors (Lipinski definition) is 2. The highest BCUT2D eigenvalue weighted by Crippen LogP contribution is 2.60. The summed E-state index contributed by atoms with van der Waals surface area (Å²) in [6.45, 7) is 0.208. The van der Waals surface area contributed by atoms with Gasteiger partial charge in [0.15, 0.2) is 0 Å². The summed E-state index contributed by atoms with van der Waals surface area (Å²) in [7, 11) is -17.9. The summed E-state index contributed by atoms with van der Waals surface area (Å²) >= 11 is 0. The molecule has 1 heterocycles. The van der Waals surface area contributed by atoms with Crippen molar-refractivity contribution >= 4 is 23.5 Å². The average Bonchev–Trinajstić information content (AvgIpc) is 2.45. The summed E-state index contributed by atoms with van der Waals surface area (Å²) in [5.41, 5.74) is 0. The van der Waals surface area contributed by atoms with Crippen LogP contribution in [-0.2, 0) is 31.6 Å². The van der Waals surface area contributed by atoms with Crippen LogP contribution >= 0.6 is 23.5 Å². The van der Waals surface area contributed by atoms with Gasteiger partial charge in [-0.1, -0.05) is 0 Å². The topological polar surface area (TPSA) is 221 Å². The quantitative estimate of drug-likeness (QED) is 0.410. The van der Waals surface area contributed by atoms with E-state index in [4.69, 9.17) is 4.74 Å². The minimum Gasteiger partial charge on any atom is -0.790 e. The van der Waals surface area contributed by atoms with Gasteiger partial charge in [0.2, 0.25) is 5.79 Å². The Labute approximate surface area is 123 Å². The van der Waals surface area contributed by atoms with Crippen LogP contribution in [0, 0.1) is 0 Å². The van der Waals surface area contributed by atoms with Crippen molar-refractivity contribution in [2.45, 2.75) is 31.3 Å². The van der Waals surface area contributed by atoms with Crippen LogP contribution in [-0.4, -0.2) is 34.8 Å². The molecule has 22 heavy (non-hydrogen) atoms. The second-order valence-corrected chi connectivity index (χ2v) is 8.55. The average molecular weight is 384 g/mol. The van der Waals surface area contributed by atoms with Crippen molar-refractivity contribution in [1.82, 2.24) is 0 Å². The lowest BCUT2D eigenvalue weighted by atomic mass is 10.1. The van der Waals surface area contributed by atoms with E-state index < -0.39 is 48.1 Å². The molecular formula is C6H11O13P3-4. The molecule has 13 nitrogen and oxygen atoms in total.